The van der Waals surface area contributed by atoms with Gasteiger partial charge in [0.2, 0.25) is 11.9 Å². The van der Waals surface area contributed by atoms with Crippen molar-refractivity contribution in [2.75, 3.05) is 48.5 Å². The first kappa shape index (κ1) is 111. The van der Waals surface area contributed by atoms with Gasteiger partial charge in [-0.1, -0.05) is 125 Å². The van der Waals surface area contributed by atoms with E-state index >= 15 is 0 Å². The molecule has 0 radical (unpaired) electrons. The number of amides is 2. The topological polar surface area (TPSA) is 446 Å². The van der Waals surface area contributed by atoms with Crippen LogP contribution in [0.15, 0.2) is 163 Å². The summed E-state index contributed by atoms with van der Waals surface area (Å²) in [6.07, 6.45) is 19.1. The summed E-state index contributed by atoms with van der Waals surface area (Å²) in [5.41, 5.74) is 15.4. The first-order chi connectivity index (χ1) is 67.6. The number of carbonyl (C=O) groups excluding carboxylic acids is 2. The van der Waals surface area contributed by atoms with Crippen LogP contribution in [0.4, 0.5) is 38.5 Å². The van der Waals surface area contributed by atoms with Crippen LogP contribution in [0.1, 0.15) is 261 Å². The Morgan fingerprint density at radius 2 is 0.779 bits per heavy atom. The lowest BCUT2D eigenvalue weighted by molar-refractivity contribution is 0.0214. The van der Waals surface area contributed by atoms with E-state index in [1.165, 1.54) is 45.8 Å². The minimum atomic E-state index is -0.549. The molecule has 2 amide bonds. The number of hydrogen-bond donors (Lipinski definition) is 5. The quantitative estimate of drug-likeness (QED) is 0.0310. The monoisotopic (exact) mass is 2100 g/mol. The summed E-state index contributed by atoms with van der Waals surface area (Å²) in [7, 11) is 0. The van der Waals surface area contributed by atoms with Gasteiger partial charge < -0.3 is 41.0 Å². The van der Waals surface area contributed by atoms with Crippen molar-refractivity contribution < 1.29 is 19.1 Å². The number of nitrogens with one attached hydrogen (secondary N) is 4. The van der Waals surface area contributed by atoms with Crippen molar-refractivity contribution in [3.63, 3.8) is 0 Å². The molecule has 15 heterocycles. The predicted octanol–water partition coefficient (Wildman–Crippen LogP) is 18.8. The van der Waals surface area contributed by atoms with Crippen molar-refractivity contribution in [3.8, 4) is 17.5 Å². The average molecular weight is 2100 g/mol. The Kier molecular flexibility index (Phi) is 34.4. The molecule has 0 saturated heterocycles. The number of rotatable bonds is 13. The molecule has 38 nitrogen and oxygen atoms in total. The molecule has 0 spiro atoms. The number of carbonyl (C=O) groups is 2. The highest BCUT2D eigenvalue weighted by Gasteiger charge is 2.33. The lowest BCUT2D eigenvalue weighted by atomic mass is 9.96. The van der Waals surface area contributed by atoms with Gasteiger partial charge in [-0.3, -0.25) is 24.3 Å². The Labute approximate surface area is 866 Å². The van der Waals surface area contributed by atoms with Gasteiger partial charge in [-0.2, -0.15) is 9.97 Å². The number of anilines is 5. The molecule has 0 atom stereocenters. The maximum absolute atomic E-state index is 13.4. The number of thioether (sulfide) groups is 2. The second-order valence-electron chi connectivity index (χ2n) is 42.5. The smallest absolute Gasteiger partial charge is 0.410 e. The minimum Gasteiger partial charge on any atom is -0.444 e. The Bertz CT molecular complexity index is 7470. The minimum absolute atomic E-state index is 0. The fourth-order valence-corrected chi connectivity index (χ4v) is 16.8. The number of fused-ring (bicyclic) bond motifs is 7. The summed E-state index contributed by atoms with van der Waals surface area (Å²) in [6, 6.07) is 25.3. The number of aromatic amines is 1. The first-order valence-electron chi connectivity index (χ1n) is 48.0. The highest BCUT2D eigenvalue weighted by Crippen LogP contribution is 2.33. The highest BCUT2D eigenvalue weighted by atomic mass is 79.9. The number of H-pyrrole nitrogens is 1. The molecular weight excluding hydrogens is 1960 g/mol. The second-order valence-corrected chi connectivity index (χ2v) is 44.9. The van der Waals surface area contributed by atoms with Crippen LogP contribution in [-0.4, -0.2) is 183 Å². The van der Waals surface area contributed by atoms with E-state index in [0.29, 0.717) is 127 Å². The van der Waals surface area contributed by atoms with E-state index in [2.05, 4.69) is 172 Å². The van der Waals surface area contributed by atoms with Gasteiger partial charge >= 0.3 is 12.2 Å². The van der Waals surface area contributed by atoms with Gasteiger partial charge in [0.15, 0.2) is 50.4 Å². The van der Waals surface area contributed by atoms with Crippen molar-refractivity contribution in [2.45, 2.75) is 286 Å². The van der Waals surface area contributed by atoms with E-state index in [0.717, 1.165) is 71.0 Å². The number of ether oxygens (including phenoxy) is 2. The second kappa shape index (κ2) is 45.2. The van der Waals surface area contributed by atoms with Crippen LogP contribution in [0.3, 0.4) is 0 Å². The zero-order valence-corrected chi connectivity index (χ0v) is 92.0. The van der Waals surface area contributed by atoms with Gasteiger partial charge in [0.25, 0.3) is 22.2 Å². The van der Waals surface area contributed by atoms with Crippen LogP contribution >= 0.6 is 51.9 Å². The number of nitrogens with two attached hydrogens (primary N) is 1. The molecule has 0 bridgehead atoms. The molecule has 42 heteroatoms. The fraction of sp³-hybridized carbons (Fsp3) is 0.456. The number of nitrogen functional groups attached to an aromatic ring is 1. The van der Waals surface area contributed by atoms with Gasteiger partial charge in [-0.25, -0.2) is 112 Å². The Hall–Kier alpha value is -13.3. The first-order valence-corrected chi connectivity index (χ1v) is 51.3. The third-order valence-corrected chi connectivity index (χ3v) is 24.5. The Morgan fingerprint density at radius 3 is 1.17 bits per heavy atom. The third kappa shape index (κ3) is 26.7. The van der Waals surface area contributed by atoms with Crippen LogP contribution in [0, 0.1) is 0 Å². The van der Waals surface area contributed by atoms with Crippen molar-refractivity contribution in [1.29, 1.82) is 0 Å². The van der Waals surface area contributed by atoms with Crippen molar-refractivity contribution >= 4 is 137 Å². The van der Waals surface area contributed by atoms with Crippen molar-refractivity contribution in [1.82, 2.24) is 133 Å². The molecule has 15 aromatic rings. The number of halogens is 2. The molecule has 0 unspecified atom stereocenters. The molecule has 3 aliphatic rings. The van der Waals surface area contributed by atoms with Crippen LogP contribution in [0.2, 0.25) is 0 Å². The molecule has 12 aromatic heterocycles. The average Bonchev–Trinajstić information content (AvgIpc) is 1.60. The summed E-state index contributed by atoms with van der Waals surface area (Å²) in [4.78, 5) is 151. The normalized spacial score (nSPS) is 13.3. The van der Waals surface area contributed by atoms with E-state index in [4.69, 9.17) is 40.1 Å². The molecule has 6 N–H and O–H groups in total. The van der Waals surface area contributed by atoms with Gasteiger partial charge in [0.05, 0.1) is 0 Å². The van der Waals surface area contributed by atoms with Crippen LogP contribution in [0.5, 0.6) is 0 Å². The molecule has 0 aliphatic carbocycles. The summed E-state index contributed by atoms with van der Waals surface area (Å²) < 4.78 is 23.6. The molecular formula is C103H134BrClN30O8S2. The summed E-state index contributed by atoms with van der Waals surface area (Å²) in [6.45, 7) is 55.9. The molecule has 18 rings (SSSR count). The summed E-state index contributed by atoms with van der Waals surface area (Å²) >= 11 is 6.20. The fourth-order valence-electron chi connectivity index (χ4n) is 15.8. The number of benzene rings is 3. The number of hydrogen-bond acceptors (Lipinski definition) is 30. The Morgan fingerprint density at radius 1 is 0.414 bits per heavy atom. The molecule has 145 heavy (non-hydrogen) atoms. The third-order valence-electron chi connectivity index (χ3n) is 22.9. The van der Waals surface area contributed by atoms with E-state index in [-0.39, 0.29) is 92.7 Å². The largest absolute Gasteiger partial charge is 0.444 e. The van der Waals surface area contributed by atoms with Gasteiger partial charge in [0, 0.05) is 163 Å². The highest BCUT2D eigenvalue weighted by molar-refractivity contribution is 9.10. The molecule has 3 aliphatic heterocycles. The lowest BCUT2D eigenvalue weighted by Crippen LogP contribution is -2.39. The molecule has 0 fully saturated rings. The van der Waals surface area contributed by atoms with E-state index in [1.807, 2.05) is 173 Å². The maximum atomic E-state index is 13.4. The molecule has 0 saturated carbocycles. The van der Waals surface area contributed by atoms with Crippen molar-refractivity contribution in [3.05, 3.63) is 231 Å². The van der Waals surface area contributed by atoms with Crippen LogP contribution < -0.4 is 43.9 Å². The summed E-state index contributed by atoms with van der Waals surface area (Å²) in [5.74, 6) is 5.52. The molecule has 770 valence electrons. The van der Waals surface area contributed by atoms with Gasteiger partial charge in [-0.15, -0.1) is 12.4 Å². The van der Waals surface area contributed by atoms with Crippen molar-refractivity contribution in [2.24, 2.45) is 0 Å². The zero-order chi connectivity index (χ0) is 105. The maximum Gasteiger partial charge on any atom is 0.410 e. The number of aromatic nitrogens is 24. The predicted molar refractivity (Wildman–Crippen MR) is 578 cm³/mol. The lowest BCUT2D eigenvalue weighted by Gasteiger charge is -2.31. The Balaban J connectivity index is 0.000000163. The summed E-state index contributed by atoms with van der Waals surface area (Å²) in [5, 5.41) is 16.1. The van der Waals surface area contributed by atoms with Gasteiger partial charge in [-0.05, 0) is 227 Å². The molecule has 3 aromatic carbocycles. The van der Waals surface area contributed by atoms with Gasteiger partial charge in [0.1, 0.15) is 60.6 Å². The van der Waals surface area contributed by atoms with Crippen LogP contribution in [-0.2, 0) is 70.0 Å². The van der Waals surface area contributed by atoms with Crippen LogP contribution in [0.25, 0.3) is 61.6 Å². The standard InChI is InChI=1S/C30H38N8O3.C25H30N8O.C17H22N6OS.C14H20N2O2.C9H12N4OS.C8H11BrN2.ClH/c1-18(2)37-25(39)22-16-32-27(35-24(22)38(37)23-11-13-31-26(34-23)29(3,4)5)33-21-10-9-19-12-14-36(17-20(19)15-21)28(40)41-30(6,7)8;1-15(2)32-22(34)19-14-28-24(29-18-7-6-16-8-10-26-13-17(16)12-18)31-21(19)33(32)20-9-11-27-23(30-20)25(3,4)5;1-10(2)22-14(24)11-9-19-16(25-6)21-13(11)23(22)12-7-8-18-15(20-12)17(3,4)5;1-14(2,3)18-13(17)16-7-6-10-4-5-12(15)8-11(10)9-16;1-5(2)13-8(14)6-4-10-9(15-3)11-7(6)12-13;1-8(2,3)7-10-5-4-6(9)11-7;/h9-11,13,15-16,18H,12,14,17H2,1-8H3,(H,32,33,35);6-7,9,11-12,14-15,26H,8,10,13H2,1-5H3,(H,28,29,31);7-10H,1-6H3;4-5,8H,6-7,9,15H2,1-3H3;4-5H,1-3H3,(H,10,11,12);4-5H,1-3H3;1H. The zero-order valence-electron chi connectivity index (χ0n) is 87.9. The SMILES string of the molecule is CC(C)(C)OC(=O)N1CCc2ccc(N)cc2C1.CC(C)(C)c1nccc(Br)n1.CC(C)n1c(=O)c2cnc(Nc3ccc4c(c3)CN(C(=O)OC(C)(C)C)CC4)nc2n1-c1ccnc(C(C)(C)C)n1.CC(C)n1c(=O)c2cnc(Nc3ccc4c(c3)CNCC4)nc2n1-c1ccnc(C(C)(C)C)n1.CSc1ncc2c(=O)n(C(C)C)[nH]c2n1.CSc1ncc2c(=O)n(C(C)C)n(-c3ccnc(C(C)(C)C)n3)c2n1.Cl. The van der Waals surface area contributed by atoms with E-state index < -0.39 is 11.2 Å². The number of nitrogens with zero attached hydrogens (tertiary/aromatic N) is 25. The van der Waals surface area contributed by atoms with E-state index in [9.17, 15) is 28.8 Å². The van der Waals surface area contributed by atoms with E-state index in [1.54, 1.807) is 110 Å².